The van der Waals surface area contributed by atoms with Gasteiger partial charge in [-0.25, -0.2) is 4.79 Å². The highest BCUT2D eigenvalue weighted by Gasteiger charge is 2.39. The average Bonchev–Trinajstić information content (AvgIpc) is 2.69. The van der Waals surface area contributed by atoms with Crippen molar-refractivity contribution in [2.24, 2.45) is 0 Å². The maximum atomic E-state index is 14.0. The summed E-state index contributed by atoms with van der Waals surface area (Å²) in [6, 6.07) is 10.9. The molecule has 0 amide bonds. The van der Waals surface area contributed by atoms with E-state index in [1.165, 1.54) is 30.5 Å². The van der Waals surface area contributed by atoms with Gasteiger partial charge in [-0.1, -0.05) is 42.0 Å². The van der Waals surface area contributed by atoms with Crippen molar-refractivity contribution < 1.29 is 13.2 Å². The highest BCUT2D eigenvalue weighted by atomic mass is 35.5. The first-order valence-electron chi connectivity index (χ1n) is 9.73. The smallest absolute Gasteiger partial charge is 0.383 e. The van der Waals surface area contributed by atoms with Crippen LogP contribution in [0.2, 0.25) is 5.02 Å². The zero-order chi connectivity index (χ0) is 23.5. The summed E-state index contributed by atoms with van der Waals surface area (Å²) in [6.07, 6.45) is -0.670. The van der Waals surface area contributed by atoms with Crippen LogP contribution in [0.15, 0.2) is 59.5 Å². The van der Waals surface area contributed by atoms with Crippen LogP contribution in [0.4, 0.5) is 19.0 Å². The first kappa shape index (κ1) is 23.6. The Morgan fingerprint density at radius 2 is 1.97 bits per heavy atom. The Balaban J connectivity index is 2.01. The van der Waals surface area contributed by atoms with Crippen molar-refractivity contribution in [3.8, 4) is 5.69 Å². The Bertz CT molecular complexity index is 1200. The van der Waals surface area contributed by atoms with Crippen LogP contribution in [0.5, 0.6) is 0 Å². The third-order valence-corrected chi connectivity index (χ3v) is 5.18. The van der Waals surface area contributed by atoms with E-state index in [1.807, 2.05) is 0 Å². The Hall–Kier alpha value is -3.10. The van der Waals surface area contributed by atoms with Crippen LogP contribution in [-0.4, -0.2) is 22.8 Å². The summed E-state index contributed by atoms with van der Waals surface area (Å²) < 4.78 is 43.1. The van der Waals surface area contributed by atoms with Gasteiger partial charge < -0.3 is 11.1 Å². The largest absolute Gasteiger partial charge is 0.399 e. The van der Waals surface area contributed by atoms with Crippen molar-refractivity contribution in [2.75, 3.05) is 12.8 Å². The highest BCUT2D eigenvalue weighted by Crippen LogP contribution is 2.37. The molecule has 1 atom stereocenters. The van der Waals surface area contributed by atoms with Gasteiger partial charge >= 0.3 is 11.9 Å². The van der Waals surface area contributed by atoms with E-state index in [0.29, 0.717) is 22.7 Å². The van der Waals surface area contributed by atoms with E-state index in [0.717, 1.165) is 16.2 Å². The molecule has 32 heavy (non-hydrogen) atoms. The summed E-state index contributed by atoms with van der Waals surface area (Å²) >= 11 is 6.22. The molecule has 1 heterocycles. The quantitative estimate of drug-likeness (QED) is 0.549. The Labute approximate surface area is 188 Å². The highest BCUT2D eigenvalue weighted by molar-refractivity contribution is 6.31. The number of nitrogen functional groups attached to an aromatic ring is 1. The number of nitrogens with zero attached hydrogens (tertiary/aromatic N) is 2. The predicted molar refractivity (Wildman–Crippen MR) is 121 cm³/mol. The molecule has 0 saturated carbocycles. The molecule has 2 aromatic carbocycles. The number of aryl methyl sites for hydroxylation is 1. The number of benzene rings is 2. The van der Waals surface area contributed by atoms with Gasteiger partial charge in [-0.2, -0.15) is 18.2 Å². The SMILES string of the molecule is CNCc1ccc(/C=C/C(c2cc(C)cc(-n3ccc(N)nc3=O)c2)C(F)(F)F)cc1Cl. The Morgan fingerprint density at radius 1 is 1.22 bits per heavy atom. The molecule has 9 heteroatoms. The van der Waals surface area contributed by atoms with Gasteiger partial charge in [-0.3, -0.25) is 4.57 Å². The number of nitrogens with one attached hydrogen (secondary N) is 1. The molecule has 0 saturated heterocycles. The van der Waals surface area contributed by atoms with Gasteiger partial charge in [-0.05, 0) is 60.5 Å². The monoisotopic (exact) mass is 462 g/mol. The summed E-state index contributed by atoms with van der Waals surface area (Å²) in [6.45, 7) is 2.22. The summed E-state index contributed by atoms with van der Waals surface area (Å²) in [5, 5.41) is 3.45. The maximum absolute atomic E-state index is 14.0. The molecule has 0 radical (unpaired) electrons. The van der Waals surface area contributed by atoms with Gasteiger partial charge in [-0.15, -0.1) is 0 Å². The van der Waals surface area contributed by atoms with Gasteiger partial charge in [0.2, 0.25) is 0 Å². The minimum Gasteiger partial charge on any atom is -0.383 e. The fourth-order valence-corrected chi connectivity index (χ4v) is 3.60. The number of nitrogens with two attached hydrogens (primary N) is 1. The summed E-state index contributed by atoms with van der Waals surface area (Å²) in [7, 11) is 1.78. The van der Waals surface area contributed by atoms with Crippen molar-refractivity contribution in [1.82, 2.24) is 14.9 Å². The molecular formula is C23H22ClF3N4O. The predicted octanol–water partition coefficient (Wildman–Crippen LogP) is 4.86. The molecule has 3 rings (SSSR count). The maximum Gasteiger partial charge on any atom is 0.399 e. The van der Waals surface area contributed by atoms with Crippen LogP contribution in [0.25, 0.3) is 11.8 Å². The average molecular weight is 463 g/mol. The minimum atomic E-state index is -4.54. The fourth-order valence-electron chi connectivity index (χ4n) is 3.34. The third kappa shape index (κ3) is 5.57. The van der Waals surface area contributed by atoms with Crippen molar-refractivity contribution in [2.45, 2.75) is 25.6 Å². The molecule has 0 bridgehead atoms. The first-order chi connectivity index (χ1) is 15.1. The van der Waals surface area contributed by atoms with Crippen LogP contribution < -0.4 is 16.7 Å². The summed E-state index contributed by atoms with van der Waals surface area (Å²) in [4.78, 5) is 15.8. The van der Waals surface area contributed by atoms with Crippen molar-refractivity contribution in [3.05, 3.63) is 92.5 Å². The van der Waals surface area contributed by atoms with Crippen LogP contribution in [-0.2, 0) is 6.54 Å². The number of hydrogen-bond acceptors (Lipinski definition) is 4. The Kier molecular flexibility index (Phi) is 7.06. The van der Waals surface area contributed by atoms with Crippen molar-refractivity contribution in [3.63, 3.8) is 0 Å². The molecule has 0 aliphatic heterocycles. The van der Waals surface area contributed by atoms with Gasteiger partial charge in [0.1, 0.15) is 5.82 Å². The Morgan fingerprint density at radius 3 is 2.59 bits per heavy atom. The summed E-state index contributed by atoms with van der Waals surface area (Å²) in [5.41, 5.74) is 7.10. The first-order valence-corrected chi connectivity index (χ1v) is 10.1. The van der Waals surface area contributed by atoms with Gasteiger partial charge in [0, 0.05) is 17.8 Å². The summed E-state index contributed by atoms with van der Waals surface area (Å²) in [5.74, 6) is -1.84. The van der Waals surface area contributed by atoms with Gasteiger partial charge in [0.25, 0.3) is 0 Å². The molecule has 5 nitrogen and oxygen atoms in total. The lowest BCUT2D eigenvalue weighted by Crippen LogP contribution is -2.23. The minimum absolute atomic E-state index is 0.00498. The lowest BCUT2D eigenvalue weighted by Gasteiger charge is -2.19. The van der Waals surface area contributed by atoms with E-state index < -0.39 is 17.8 Å². The number of aromatic nitrogens is 2. The van der Waals surface area contributed by atoms with Crippen molar-refractivity contribution >= 4 is 23.5 Å². The standard InChI is InChI=1S/C23H22ClF3N4O/c1-14-9-17(12-18(10-14)31-8-7-21(28)30-22(31)32)19(23(25,26)27)6-4-15-3-5-16(13-29-2)20(24)11-15/h3-12,19,29H,13H2,1-2H3,(H2,28,30,32)/b6-4+. The van der Waals surface area contributed by atoms with Gasteiger partial charge in [0.05, 0.1) is 11.6 Å². The number of hydrogen-bond donors (Lipinski definition) is 2. The third-order valence-electron chi connectivity index (χ3n) is 4.83. The lowest BCUT2D eigenvalue weighted by atomic mass is 9.94. The number of rotatable bonds is 6. The number of anilines is 1. The van der Waals surface area contributed by atoms with Gasteiger partial charge in [0.15, 0.2) is 0 Å². The fraction of sp³-hybridized carbons (Fsp3) is 0.217. The zero-order valence-electron chi connectivity index (χ0n) is 17.4. The molecule has 0 aliphatic rings. The molecule has 1 unspecified atom stereocenters. The van der Waals surface area contributed by atoms with E-state index in [4.69, 9.17) is 17.3 Å². The molecule has 0 aliphatic carbocycles. The number of halogens is 4. The molecule has 1 aromatic heterocycles. The van der Waals surface area contributed by atoms with E-state index in [2.05, 4.69) is 10.3 Å². The molecule has 168 valence electrons. The second kappa shape index (κ2) is 9.58. The van der Waals surface area contributed by atoms with E-state index >= 15 is 0 Å². The molecule has 0 spiro atoms. The zero-order valence-corrected chi connectivity index (χ0v) is 18.2. The molecular weight excluding hydrogens is 441 g/mol. The topological polar surface area (TPSA) is 72.9 Å². The van der Waals surface area contributed by atoms with Crippen molar-refractivity contribution in [1.29, 1.82) is 0 Å². The number of allylic oxidation sites excluding steroid dienone is 1. The van der Waals surface area contributed by atoms with E-state index in [9.17, 15) is 18.0 Å². The van der Waals surface area contributed by atoms with Crippen LogP contribution in [0, 0.1) is 6.92 Å². The molecule has 3 N–H and O–H groups in total. The van der Waals surface area contributed by atoms with Crippen LogP contribution in [0.3, 0.4) is 0 Å². The second-order valence-electron chi connectivity index (χ2n) is 7.37. The molecule has 0 fully saturated rings. The second-order valence-corrected chi connectivity index (χ2v) is 7.77. The van der Waals surface area contributed by atoms with E-state index in [-0.39, 0.29) is 17.1 Å². The normalized spacial score (nSPS) is 12.9. The lowest BCUT2D eigenvalue weighted by molar-refractivity contribution is -0.139. The van der Waals surface area contributed by atoms with E-state index in [1.54, 1.807) is 38.2 Å². The van der Waals surface area contributed by atoms with Crippen LogP contribution in [0.1, 0.15) is 28.2 Å². The molecule has 3 aromatic rings. The number of alkyl halides is 3. The van der Waals surface area contributed by atoms with Crippen LogP contribution >= 0.6 is 11.6 Å².